The summed E-state index contributed by atoms with van der Waals surface area (Å²) >= 11 is 0. The van der Waals surface area contributed by atoms with Crippen LogP contribution in [0.3, 0.4) is 0 Å². The molecule has 150 valence electrons. The molecule has 0 radical (unpaired) electrons. The minimum absolute atomic E-state index is 0.192. The lowest BCUT2D eigenvalue weighted by Crippen LogP contribution is -2.49. The molecule has 1 saturated carbocycles. The van der Waals surface area contributed by atoms with Crippen molar-refractivity contribution < 1.29 is 23.0 Å². The van der Waals surface area contributed by atoms with Crippen molar-refractivity contribution in [1.82, 2.24) is 0 Å². The molecule has 0 unspecified atom stereocenters. The summed E-state index contributed by atoms with van der Waals surface area (Å²) in [7, 11) is 0. The Bertz CT molecular complexity index is 795. The molecular weight excluding hydrogens is 362 g/mol. The third-order valence-electron chi connectivity index (χ3n) is 6.20. The Hall–Kier alpha value is -1.98. The van der Waals surface area contributed by atoms with Crippen LogP contribution in [0.2, 0.25) is 0 Å². The van der Waals surface area contributed by atoms with Gasteiger partial charge in [-0.05, 0) is 86.4 Å². The molecule has 0 N–H and O–H groups in total. The fourth-order valence-electron chi connectivity index (χ4n) is 4.41. The van der Waals surface area contributed by atoms with Gasteiger partial charge in [-0.15, -0.1) is 0 Å². The molecule has 3 fully saturated rings. The van der Waals surface area contributed by atoms with Gasteiger partial charge in [0.15, 0.2) is 0 Å². The molecule has 0 atom stereocenters. The Morgan fingerprint density at radius 2 is 1.68 bits per heavy atom. The zero-order chi connectivity index (χ0) is 19.6. The summed E-state index contributed by atoms with van der Waals surface area (Å²) in [5, 5.41) is 0. The highest BCUT2D eigenvalue weighted by Gasteiger charge is 2.50. The molecule has 2 aliphatic heterocycles. The van der Waals surface area contributed by atoms with Crippen molar-refractivity contribution in [2.75, 3.05) is 19.8 Å². The summed E-state index contributed by atoms with van der Waals surface area (Å²) < 4.78 is 45.1. The van der Waals surface area contributed by atoms with Crippen LogP contribution in [-0.4, -0.2) is 19.8 Å². The quantitative estimate of drug-likeness (QED) is 0.547. The Morgan fingerprint density at radius 1 is 0.929 bits per heavy atom. The lowest BCUT2D eigenvalue weighted by atomic mass is 9.63. The topological polar surface area (TPSA) is 27.7 Å². The Kier molecular flexibility index (Phi) is 5.39. The van der Waals surface area contributed by atoms with Gasteiger partial charge in [0.2, 0.25) is 0 Å². The molecule has 3 aliphatic rings. The maximum Gasteiger partial charge on any atom is 0.130 e. The van der Waals surface area contributed by atoms with Crippen LogP contribution in [0.4, 0.5) is 8.78 Å². The van der Waals surface area contributed by atoms with E-state index in [1.165, 1.54) is 30.3 Å². The lowest BCUT2D eigenvalue weighted by molar-refractivity contribution is -0.194. The first-order valence-corrected chi connectivity index (χ1v) is 9.99. The minimum Gasteiger partial charge on any atom is -0.457 e. The summed E-state index contributed by atoms with van der Waals surface area (Å²) in [6.45, 7) is 4.20. The fourth-order valence-corrected chi connectivity index (χ4v) is 4.41. The van der Waals surface area contributed by atoms with E-state index < -0.39 is 5.60 Å². The van der Waals surface area contributed by atoms with Gasteiger partial charge in [0, 0.05) is 19.3 Å². The monoisotopic (exact) mass is 388 g/mol. The van der Waals surface area contributed by atoms with E-state index >= 15 is 0 Å². The number of fused-ring (bicyclic) bond motifs is 3. The second-order valence-corrected chi connectivity index (χ2v) is 7.96. The molecular formula is C23H26F2O3. The average Bonchev–Trinajstić information content (AvgIpc) is 2.71. The summed E-state index contributed by atoms with van der Waals surface area (Å²) in [5.41, 5.74) is 0.566. The van der Waals surface area contributed by atoms with E-state index in [0.29, 0.717) is 18.1 Å². The number of benzene rings is 2. The Balaban J connectivity index is 1.51. The van der Waals surface area contributed by atoms with E-state index in [1.54, 1.807) is 6.07 Å². The highest BCUT2D eigenvalue weighted by molar-refractivity contribution is 5.38. The van der Waals surface area contributed by atoms with E-state index in [9.17, 15) is 8.78 Å². The van der Waals surface area contributed by atoms with Crippen LogP contribution >= 0.6 is 0 Å². The van der Waals surface area contributed by atoms with Gasteiger partial charge in [-0.3, -0.25) is 0 Å². The maximum absolute atomic E-state index is 14.3. The van der Waals surface area contributed by atoms with Gasteiger partial charge in [-0.25, -0.2) is 8.78 Å². The fraction of sp³-hybridized carbons (Fsp3) is 0.478. The summed E-state index contributed by atoms with van der Waals surface area (Å²) in [5.74, 6) is 0.181. The Morgan fingerprint density at radius 3 is 2.32 bits per heavy atom. The van der Waals surface area contributed by atoms with Crippen molar-refractivity contribution in [3.8, 4) is 11.5 Å². The zero-order valence-electron chi connectivity index (χ0n) is 16.2. The normalized spacial score (nSPS) is 26.4. The third-order valence-corrected chi connectivity index (χ3v) is 6.20. The first-order valence-electron chi connectivity index (χ1n) is 9.99. The van der Waals surface area contributed by atoms with Crippen LogP contribution in [0.15, 0.2) is 42.5 Å². The van der Waals surface area contributed by atoms with Gasteiger partial charge in [-0.1, -0.05) is 0 Å². The van der Waals surface area contributed by atoms with Gasteiger partial charge in [0.1, 0.15) is 23.1 Å². The predicted molar refractivity (Wildman–Crippen MR) is 103 cm³/mol. The highest BCUT2D eigenvalue weighted by atomic mass is 19.1. The van der Waals surface area contributed by atoms with Gasteiger partial charge < -0.3 is 14.2 Å². The van der Waals surface area contributed by atoms with E-state index in [-0.39, 0.29) is 17.0 Å². The van der Waals surface area contributed by atoms with Crippen LogP contribution in [0.25, 0.3) is 0 Å². The number of hydrogen-bond acceptors (Lipinski definition) is 3. The first-order chi connectivity index (χ1) is 13.5. The third kappa shape index (κ3) is 3.91. The van der Waals surface area contributed by atoms with Crippen LogP contribution in [-0.2, 0) is 15.1 Å². The Labute approximate surface area is 164 Å². The van der Waals surface area contributed by atoms with Gasteiger partial charge in [-0.2, -0.15) is 0 Å². The van der Waals surface area contributed by atoms with Crippen LogP contribution in [0.1, 0.15) is 44.6 Å². The molecule has 5 heteroatoms. The molecule has 1 aliphatic carbocycles. The molecule has 0 spiro atoms. The second-order valence-electron chi connectivity index (χ2n) is 7.96. The SMILES string of the molecule is CCOCCC12CCC(c3cc(F)cc(Oc4ccc(F)cc4)c3)(CC1)OC2. The maximum atomic E-state index is 14.3. The first kappa shape index (κ1) is 19.3. The molecule has 0 aromatic heterocycles. The molecule has 2 aromatic carbocycles. The minimum atomic E-state index is -0.448. The van der Waals surface area contributed by atoms with E-state index in [2.05, 4.69) is 0 Å². The van der Waals surface area contributed by atoms with Gasteiger partial charge >= 0.3 is 0 Å². The molecule has 28 heavy (non-hydrogen) atoms. The second kappa shape index (κ2) is 7.80. The smallest absolute Gasteiger partial charge is 0.130 e. The lowest BCUT2D eigenvalue weighted by Gasteiger charge is -2.53. The van der Waals surface area contributed by atoms with Crippen molar-refractivity contribution in [2.45, 2.75) is 44.6 Å². The number of halogens is 2. The van der Waals surface area contributed by atoms with Crippen molar-refractivity contribution in [3.63, 3.8) is 0 Å². The van der Waals surface area contributed by atoms with Crippen molar-refractivity contribution >= 4 is 0 Å². The molecule has 0 amide bonds. The average molecular weight is 388 g/mol. The molecule has 2 aromatic rings. The molecule has 2 saturated heterocycles. The summed E-state index contributed by atoms with van der Waals surface area (Å²) in [4.78, 5) is 0. The van der Waals surface area contributed by atoms with Crippen molar-refractivity contribution in [3.05, 3.63) is 59.7 Å². The van der Waals surface area contributed by atoms with Crippen LogP contribution < -0.4 is 4.74 Å². The molecule has 2 heterocycles. The van der Waals surface area contributed by atoms with E-state index in [1.807, 2.05) is 13.0 Å². The molecule has 3 nitrogen and oxygen atoms in total. The van der Waals surface area contributed by atoms with Gasteiger partial charge in [0.05, 0.1) is 12.2 Å². The zero-order valence-corrected chi connectivity index (χ0v) is 16.2. The van der Waals surface area contributed by atoms with Crippen molar-refractivity contribution in [1.29, 1.82) is 0 Å². The predicted octanol–water partition coefficient (Wildman–Crippen LogP) is 5.97. The molecule has 2 bridgehead atoms. The largest absolute Gasteiger partial charge is 0.457 e. The summed E-state index contributed by atoms with van der Waals surface area (Å²) in [6, 6.07) is 10.5. The number of ether oxygens (including phenoxy) is 3. The van der Waals surface area contributed by atoms with Gasteiger partial charge in [0.25, 0.3) is 0 Å². The van der Waals surface area contributed by atoms with E-state index in [4.69, 9.17) is 14.2 Å². The van der Waals surface area contributed by atoms with E-state index in [0.717, 1.165) is 50.9 Å². The van der Waals surface area contributed by atoms with Crippen LogP contribution in [0, 0.1) is 17.0 Å². The number of hydrogen-bond donors (Lipinski definition) is 0. The van der Waals surface area contributed by atoms with Crippen LogP contribution in [0.5, 0.6) is 11.5 Å². The number of rotatable bonds is 7. The molecule has 5 rings (SSSR count). The standard InChI is InChI=1S/C23H26F2O3/c1-2-26-12-11-22-7-9-23(10-8-22,27-16-22)17-13-19(25)15-21(14-17)28-20-5-3-18(24)4-6-20/h3-6,13-15H,2,7-12,16H2,1H3. The van der Waals surface area contributed by atoms with Crippen molar-refractivity contribution in [2.24, 2.45) is 5.41 Å². The summed E-state index contributed by atoms with van der Waals surface area (Å²) in [6.07, 6.45) is 4.88. The highest BCUT2D eigenvalue weighted by Crippen LogP contribution is 2.55.